The van der Waals surface area contributed by atoms with Crippen LogP contribution in [0, 0.1) is 6.92 Å². The summed E-state index contributed by atoms with van der Waals surface area (Å²) < 4.78 is 6.21. The van der Waals surface area contributed by atoms with Gasteiger partial charge in [0.25, 0.3) is 0 Å². The van der Waals surface area contributed by atoms with E-state index in [-0.39, 0.29) is 18.2 Å². The number of hydrogen-bond acceptors (Lipinski definition) is 3. The summed E-state index contributed by atoms with van der Waals surface area (Å²) in [5.74, 6) is 0. The van der Waals surface area contributed by atoms with Crippen LogP contribution in [0.15, 0.2) is 16.6 Å². The number of nitrogens with one attached hydrogen (secondary N) is 1. The zero-order chi connectivity index (χ0) is 19.6. The maximum Gasteiger partial charge on any atom is 0.410 e. The van der Waals surface area contributed by atoms with E-state index in [9.17, 15) is 9.59 Å². The lowest BCUT2D eigenvalue weighted by Crippen LogP contribution is -2.57. The average Bonchev–Trinajstić information content (AvgIpc) is 2.50. The van der Waals surface area contributed by atoms with E-state index in [4.69, 9.17) is 16.3 Å². The van der Waals surface area contributed by atoms with Gasteiger partial charge in [-0.2, -0.15) is 0 Å². The van der Waals surface area contributed by atoms with Gasteiger partial charge in [0, 0.05) is 35.8 Å². The van der Waals surface area contributed by atoms with E-state index < -0.39 is 5.60 Å². The maximum atomic E-state index is 12.6. The number of carbonyl (C=O) groups is 2. The molecule has 1 aliphatic rings. The van der Waals surface area contributed by atoms with Crippen molar-refractivity contribution in [2.45, 2.75) is 46.3 Å². The normalized spacial score (nSPS) is 17.9. The van der Waals surface area contributed by atoms with E-state index in [1.807, 2.05) is 40.7 Å². The van der Waals surface area contributed by atoms with Gasteiger partial charge in [0.1, 0.15) is 5.60 Å². The summed E-state index contributed by atoms with van der Waals surface area (Å²) in [5.41, 5.74) is 1.05. The molecule has 1 fully saturated rings. The van der Waals surface area contributed by atoms with E-state index in [0.29, 0.717) is 30.3 Å². The first-order valence-electron chi connectivity index (χ1n) is 8.49. The molecule has 6 nitrogen and oxygen atoms in total. The van der Waals surface area contributed by atoms with Crippen molar-refractivity contribution < 1.29 is 14.3 Å². The van der Waals surface area contributed by atoms with Crippen molar-refractivity contribution in [2.24, 2.45) is 0 Å². The smallest absolute Gasteiger partial charge is 0.410 e. The van der Waals surface area contributed by atoms with Crippen LogP contribution in [0.25, 0.3) is 0 Å². The number of benzene rings is 1. The number of carbonyl (C=O) groups excluding carboxylic acids is 2. The first-order chi connectivity index (χ1) is 12.0. The van der Waals surface area contributed by atoms with E-state index in [1.165, 1.54) is 0 Å². The van der Waals surface area contributed by atoms with Crippen molar-refractivity contribution in [3.05, 3.63) is 27.2 Å². The third kappa shape index (κ3) is 5.27. The predicted molar refractivity (Wildman–Crippen MR) is 107 cm³/mol. The number of ether oxygens (including phenoxy) is 1. The summed E-state index contributed by atoms with van der Waals surface area (Å²) in [4.78, 5) is 28.2. The van der Waals surface area contributed by atoms with Crippen LogP contribution >= 0.6 is 27.5 Å². The zero-order valence-corrected chi connectivity index (χ0v) is 18.1. The molecule has 8 heteroatoms. The molecule has 1 heterocycles. The second-order valence-corrected chi connectivity index (χ2v) is 8.74. The topological polar surface area (TPSA) is 61.9 Å². The molecular weight excluding hydrogens is 422 g/mol. The molecule has 1 N–H and O–H groups in total. The minimum atomic E-state index is -0.538. The summed E-state index contributed by atoms with van der Waals surface area (Å²) in [6.45, 7) is 10.6. The molecule has 0 aliphatic carbocycles. The fourth-order valence-corrected chi connectivity index (χ4v) is 3.33. The first-order valence-corrected chi connectivity index (χ1v) is 9.66. The highest BCUT2D eigenvalue weighted by Gasteiger charge is 2.32. The number of amides is 3. The molecule has 1 saturated heterocycles. The molecule has 2 rings (SSSR count). The van der Waals surface area contributed by atoms with Crippen molar-refractivity contribution >= 4 is 45.3 Å². The largest absolute Gasteiger partial charge is 0.444 e. The Hall–Kier alpha value is -1.47. The highest BCUT2D eigenvalue weighted by atomic mass is 79.9. The van der Waals surface area contributed by atoms with E-state index in [1.54, 1.807) is 15.9 Å². The number of anilines is 1. The van der Waals surface area contributed by atoms with Crippen molar-refractivity contribution in [1.29, 1.82) is 0 Å². The van der Waals surface area contributed by atoms with Gasteiger partial charge in [0.05, 0.1) is 5.02 Å². The van der Waals surface area contributed by atoms with Gasteiger partial charge in [-0.1, -0.05) is 11.6 Å². The van der Waals surface area contributed by atoms with Crippen LogP contribution < -0.4 is 5.32 Å². The summed E-state index contributed by atoms with van der Waals surface area (Å²) >= 11 is 9.48. The van der Waals surface area contributed by atoms with Crippen LogP contribution in [-0.4, -0.2) is 53.2 Å². The number of rotatable bonds is 1. The Balaban J connectivity index is 1.99. The van der Waals surface area contributed by atoms with Crippen LogP contribution in [0.5, 0.6) is 0 Å². The molecule has 1 aliphatic heterocycles. The van der Waals surface area contributed by atoms with Crippen LogP contribution in [0.4, 0.5) is 15.3 Å². The van der Waals surface area contributed by atoms with Gasteiger partial charge in [0.2, 0.25) is 0 Å². The molecule has 0 radical (unpaired) electrons. The molecule has 26 heavy (non-hydrogen) atoms. The van der Waals surface area contributed by atoms with Crippen molar-refractivity contribution in [3.63, 3.8) is 0 Å². The Morgan fingerprint density at radius 2 is 1.96 bits per heavy atom. The van der Waals surface area contributed by atoms with Crippen molar-refractivity contribution in [1.82, 2.24) is 9.80 Å². The minimum Gasteiger partial charge on any atom is -0.444 e. The molecule has 0 bridgehead atoms. The second-order valence-electron chi connectivity index (χ2n) is 7.48. The Bertz CT molecular complexity index is 706. The molecule has 0 saturated carbocycles. The molecule has 1 aromatic rings. The Kier molecular flexibility index (Phi) is 6.45. The van der Waals surface area contributed by atoms with Gasteiger partial charge in [-0.3, -0.25) is 0 Å². The summed E-state index contributed by atoms with van der Waals surface area (Å²) in [6.07, 6.45) is -0.347. The fraction of sp³-hybridized carbons (Fsp3) is 0.556. The van der Waals surface area contributed by atoms with Crippen LogP contribution in [0.2, 0.25) is 5.02 Å². The number of piperazine rings is 1. The van der Waals surface area contributed by atoms with Crippen molar-refractivity contribution in [3.8, 4) is 0 Å². The van der Waals surface area contributed by atoms with Gasteiger partial charge in [-0.25, -0.2) is 9.59 Å². The van der Waals surface area contributed by atoms with E-state index >= 15 is 0 Å². The summed E-state index contributed by atoms with van der Waals surface area (Å²) in [7, 11) is 0. The van der Waals surface area contributed by atoms with Crippen LogP contribution in [0.3, 0.4) is 0 Å². The zero-order valence-electron chi connectivity index (χ0n) is 15.7. The number of hydrogen-bond donors (Lipinski definition) is 1. The number of nitrogens with zero attached hydrogens (tertiary/aromatic N) is 2. The summed E-state index contributed by atoms with van der Waals surface area (Å²) in [6, 6.07) is 3.25. The SMILES string of the molecule is Cc1cc(Br)c(Cl)cc1NC(=O)N1CCN(C(=O)OC(C)(C)C)[C@H](C)C1. The molecule has 1 aromatic carbocycles. The van der Waals surface area contributed by atoms with Crippen LogP contribution in [-0.2, 0) is 4.74 Å². The van der Waals surface area contributed by atoms with E-state index in [2.05, 4.69) is 21.2 Å². The molecule has 3 amide bonds. The van der Waals surface area contributed by atoms with Gasteiger partial charge >= 0.3 is 12.1 Å². The lowest BCUT2D eigenvalue weighted by Gasteiger charge is -2.40. The predicted octanol–water partition coefficient (Wildman–Crippen LogP) is 4.88. The van der Waals surface area contributed by atoms with Gasteiger partial charge in [-0.05, 0) is 68.2 Å². The molecule has 0 spiro atoms. The monoisotopic (exact) mass is 445 g/mol. The quantitative estimate of drug-likeness (QED) is 0.668. The van der Waals surface area contributed by atoms with Gasteiger partial charge in [0.15, 0.2) is 0 Å². The van der Waals surface area contributed by atoms with Gasteiger partial charge < -0.3 is 19.9 Å². The standard InChI is InChI=1S/C18H25BrClN3O3/c1-11-8-13(19)14(20)9-15(11)21-16(24)22-6-7-23(12(2)10-22)17(25)26-18(3,4)5/h8-9,12H,6-7,10H2,1-5H3,(H,21,24)/t12-/m1/s1. The van der Waals surface area contributed by atoms with Crippen molar-refractivity contribution in [2.75, 3.05) is 25.0 Å². The van der Waals surface area contributed by atoms with E-state index in [0.717, 1.165) is 10.0 Å². The second kappa shape index (κ2) is 8.05. The Morgan fingerprint density at radius 1 is 1.31 bits per heavy atom. The summed E-state index contributed by atoms with van der Waals surface area (Å²) in [5, 5.41) is 3.43. The molecule has 0 aromatic heterocycles. The Morgan fingerprint density at radius 3 is 2.54 bits per heavy atom. The first kappa shape index (κ1) is 20.8. The third-order valence-electron chi connectivity index (χ3n) is 4.05. The molecule has 1 atom stereocenters. The lowest BCUT2D eigenvalue weighted by molar-refractivity contribution is 0.00589. The highest BCUT2D eigenvalue weighted by Crippen LogP contribution is 2.29. The van der Waals surface area contributed by atoms with Crippen LogP contribution in [0.1, 0.15) is 33.3 Å². The third-order valence-corrected chi connectivity index (χ3v) is 5.25. The maximum absolute atomic E-state index is 12.6. The number of urea groups is 1. The number of aryl methyl sites for hydroxylation is 1. The highest BCUT2D eigenvalue weighted by molar-refractivity contribution is 9.10. The van der Waals surface area contributed by atoms with Gasteiger partial charge in [-0.15, -0.1) is 0 Å². The molecular formula is C18H25BrClN3O3. The fourth-order valence-electron chi connectivity index (χ4n) is 2.71. The minimum absolute atomic E-state index is 0.126. The molecule has 144 valence electrons. The lowest BCUT2D eigenvalue weighted by atomic mass is 10.2. The molecule has 0 unspecified atom stereocenters. The number of halogens is 2. The average molecular weight is 447 g/mol. The Labute approximate surface area is 167 Å².